The Morgan fingerprint density at radius 2 is 1.84 bits per heavy atom. The van der Waals surface area contributed by atoms with Gasteiger partial charge in [-0.15, -0.1) is 0 Å². The third-order valence-corrected chi connectivity index (χ3v) is 3.08. The van der Waals surface area contributed by atoms with Crippen molar-refractivity contribution < 1.29 is 0 Å². The summed E-state index contributed by atoms with van der Waals surface area (Å²) in [6.07, 6.45) is 3.21. The predicted molar refractivity (Wildman–Crippen MR) is 79.2 cm³/mol. The summed E-state index contributed by atoms with van der Waals surface area (Å²) < 4.78 is 0. The van der Waals surface area contributed by atoms with Crippen molar-refractivity contribution in [2.45, 2.75) is 26.4 Å². The molecule has 0 aliphatic rings. The fourth-order valence-electron chi connectivity index (χ4n) is 1.80. The van der Waals surface area contributed by atoms with Gasteiger partial charge in [-0.25, -0.2) is 9.97 Å². The summed E-state index contributed by atoms with van der Waals surface area (Å²) in [4.78, 5) is 10.6. The molecular weight excluding hydrogens is 260 g/mol. The van der Waals surface area contributed by atoms with Crippen LogP contribution < -0.4 is 10.6 Å². The molecule has 0 radical (unpaired) electrons. The van der Waals surface area contributed by atoms with E-state index in [1.807, 2.05) is 24.3 Å². The highest BCUT2D eigenvalue weighted by Crippen LogP contribution is 2.19. The molecule has 2 aromatic rings. The maximum absolute atomic E-state index is 5.98. The van der Waals surface area contributed by atoms with Gasteiger partial charge in [0, 0.05) is 18.3 Å². The third-order valence-electron chi connectivity index (χ3n) is 2.88. The van der Waals surface area contributed by atoms with Gasteiger partial charge in [-0.1, -0.05) is 29.8 Å². The van der Waals surface area contributed by atoms with Crippen molar-refractivity contribution in [3.8, 4) is 0 Å². The normalized spacial score (nSPS) is 10.7. The molecule has 2 N–H and O–H groups in total. The largest absolute Gasteiger partial charge is 0.398 e. The number of para-hydroxylation sites is 1. The van der Waals surface area contributed by atoms with Crippen molar-refractivity contribution in [2.24, 2.45) is 0 Å². The topological polar surface area (TPSA) is 55.0 Å². The summed E-state index contributed by atoms with van der Waals surface area (Å²) in [7, 11) is 0. The van der Waals surface area contributed by atoms with Crippen molar-refractivity contribution in [3.05, 3.63) is 47.2 Å². The van der Waals surface area contributed by atoms with E-state index in [2.05, 4.69) is 28.7 Å². The summed E-state index contributed by atoms with van der Waals surface area (Å²) in [5.41, 5.74) is 7.83. The van der Waals surface area contributed by atoms with Crippen LogP contribution >= 0.6 is 11.6 Å². The van der Waals surface area contributed by atoms with Gasteiger partial charge in [-0.3, -0.25) is 0 Å². The zero-order chi connectivity index (χ0) is 13.8. The molecule has 0 aliphatic heterocycles. The number of halogens is 1. The Balaban J connectivity index is 2.26. The zero-order valence-electron chi connectivity index (χ0n) is 11.0. The van der Waals surface area contributed by atoms with Gasteiger partial charge in [-0.2, -0.15) is 0 Å². The van der Waals surface area contributed by atoms with Gasteiger partial charge in [0.1, 0.15) is 0 Å². The number of anilines is 2. The zero-order valence-corrected chi connectivity index (χ0v) is 11.8. The van der Waals surface area contributed by atoms with Crippen LogP contribution in [-0.2, 0) is 6.54 Å². The molecule has 0 bridgehead atoms. The van der Waals surface area contributed by atoms with Gasteiger partial charge in [-0.05, 0) is 25.5 Å². The van der Waals surface area contributed by atoms with E-state index in [4.69, 9.17) is 17.3 Å². The van der Waals surface area contributed by atoms with E-state index >= 15 is 0 Å². The lowest BCUT2D eigenvalue weighted by Crippen LogP contribution is -2.32. The Kier molecular flexibility index (Phi) is 4.22. The van der Waals surface area contributed by atoms with Crippen LogP contribution in [0.1, 0.15) is 19.4 Å². The molecule has 0 amide bonds. The summed E-state index contributed by atoms with van der Waals surface area (Å²) in [5, 5.41) is 0.534. The van der Waals surface area contributed by atoms with Crippen LogP contribution in [-0.4, -0.2) is 16.0 Å². The minimum absolute atomic E-state index is 0.265. The first-order valence-corrected chi connectivity index (χ1v) is 6.53. The number of hydrogen-bond acceptors (Lipinski definition) is 4. The molecule has 5 heteroatoms. The lowest BCUT2D eigenvalue weighted by Gasteiger charge is -2.27. The average molecular weight is 277 g/mol. The number of aromatic nitrogens is 2. The molecule has 0 saturated carbocycles. The standard InChI is InChI=1S/C14H17ClN4/c1-10(2)19(14-17-7-12(15)8-18-14)9-11-5-3-4-6-13(11)16/h3-8,10H,9,16H2,1-2H3. The summed E-state index contributed by atoms with van der Waals surface area (Å²) >= 11 is 5.82. The average Bonchev–Trinajstić information content (AvgIpc) is 2.39. The van der Waals surface area contributed by atoms with Crippen molar-refractivity contribution in [3.63, 3.8) is 0 Å². The van der Waals surface area contributed by atoms with Gasteiger partial charge in [0.15, 0.2) is 0 Å². The number of hydrogen-bond donors (Lipinski definition) is 1. The van der Waals surface area contributed by atoms with Crippen LogP contribution in [0.2, 0.25) is 5.02 Å². The highest BCUT2D eigenvalue weighted by atomic mass is 35.5. The number of nitrogens with zero attached hydrogens (tertiary/aromatic N) is 3. The first kappa shape index (κ1) is 13.6. The Morgan fingerprint density at radius 3 is 2.42 bits per heavy atom. The molecule has 2 rings (SSSR count). The predicted octanol–water partition coefficient (Wildman–Crippen LogP) is 3.13. The Hall–Kier alpha value is -1.81. The molecule has 0 atom stereocenters. The number of rotatable bonds is 4. The highest BCUT2D eigenvalue weighted by Gasteiger charge is 2.14. The molecular formula is C14H17ClN4. The fourth-order valence-corrected chi connectivity index (χ4v) is 1.90. The number of benzene rings is 1. The summed E-state index contributed by atoms with van der Waals surface area (Å²) in [6, 6.07) is 8.09. The van der Waals surface area contributed by atoms with Crippen LogP contribution in [0.25, 0.3) is 0 Å². The van der Waals surface area contributed by atoms with E-state index < -0.39 is 0 Å². The number of nitrogens with two attached hydrogens (primary N) is 1. The minimum atomic E-state index is 0.265. The smallest absolute Gasteiger partial charge is 0.225 e. The van der Waals surface area contributed by atoms with Crippen molar-refractivity contribution >= 4 is 23.2 Å². The second kappa shape index (κ2) is 5.89. The molecule has 1 aromatic carbocycles. The summed E-state index contributed by atoms with van der Waals surface area (Å²) in [5.74, 6) is 0.655. The number of nitrogen functional groups attached to an aromatic ring is 1. The van der Waals surface area contributed by atoms with Gasteiger partial charge in [0.05, 0.1) is 17.4 Å². The molecule has 0 spiro atoms. The van der Waals surface area contributed by atoms with E-state index in [1.54, 1.807) is 12.4 Å². The van der Waals surface area contributed by atoms with E-state index in [0.717, 1.165) is 11.3 Å². The lowest BCUT2D eigenvalue weighted by molar-refractivity contribution is 0.661. The van der Waals surface area contributed by atoms with E-state index in [0.29, 0.717) is 17.5 Å². The highest BCUT2D eigenvalue weighted by molar-refractivity contribution is 6.30. The van der Waals surface area contributed by atoms with Gasteiger partial charge < -0.3 is 10.6 Å². The molecule has 1 heterocycles. The van der Waals surface area contributed by atoms with E-state index in [-0.39, 0.29) is 6.04 Å². The van der Waals surface area contributed by atoms with Crippen molar-refractivity contribution in [1.29, 1.82) is 0 Å². The Morgan fingerprint density at radius 1 is 1.21 bits per heavy atom. The van der Waals surface area contributed by atoms with Crippen LogP contribution in [0.15, 0.2) is 36.7 Å². The molecule has 100 valence electrons. The summed E-state index contributed by atoms with van der Waals surface area (Å²) in [6.45, 7) is 4.86. The molecule has 4 nitrogen and oxygen atoms in total. The third kappa shape index (κ3) is 3.35. The lowest BCUT2D eigenvalue weighted by atomic mass is 10.1. The van der Waals surface area contributed by atoms with Gasteiger partial charge in [0.2, 0.25) is 5.95 Å². The van der Waals surface area contributed by atoms with Crippen molar-refractivity contribution in [1.82, 2.24) is 9.97 Å². The first-order valence-electron chi connectivity index (χ1n) is 6.15. The van der Waals surface area contributed by atoms with Crippen LogP contribution in [0.3, 0.4) is 0 Å². The van der Waals surface area contributed by atoms with E-state index in [9.17, 15) is 0 Å². The first-order chi connectivity index (χ1) is 9.08. The van der Waals surface area contributed by atoms with E-state index in [1.165, 1.54) is 0 Å². The second-order valence-electron chi connectivity index (χ2n) is 4.62. The Bertz CT molecular complexity index is 539. The van der Waals surface area contributed by atoms with Gasteiger partial charge in [0.25, 0.3) is 0 Å². The van der Waals surface area contributed by atoms with Crippen LogP contribution in [0.5, 0.6) is 0 Å². The minimum Gasteiger partial charge on any atom is -0.398 e. The Labute approximate surface area is 118 Å². The van der Waals surface area contributed by atoms with Gasteiger partial charge >= 0.3 is 0 Å². The molecule has 0 saturated heterocycles. The molecule has 0 aliphatic carbocycles. The quantitative estimate of drug-likeness (QED) is 0.872. The fraction of sp³-hybridized carbons (Fsp3) is 0.286. The second-order valence-corrected chi connectivity index (χ2v) is 5.06. The molecule has 19 heavy (non-hydrogen) atoms. The molecule has 1 aromatic heterocycles. The molecule has 0 unspecified atom stereocenters. The van der Waals surface area contributed by atoms with Crippen LogP contribution in [0.4, 0.5) is 11.6 Å². The maximum Gasteiger partial charge on any atom is 0.225 e. The maximum atomic E-state index is 5.98. The monoisotopic (exact) mass is 276 g/mol. The molecule has 0 fully saturated rings. The van der Waals surface area contributed by atoms with Crippen molar-refractivity contribution in [2.75, 3.05) is 10.6 Å². The SMILES string of the molecule is CC(C)N(Cc1ccccc1N)c1ncc(Cl)cn1. The van der Waals surface area contributed by atoms with Crippen LogP contribution in [0, 0.1) is 0 Å².